The van der Waals surface area contributed by atoms with Crippen LogP contribution in [0.1, 0.15) is 0 Å². The second-order valence-corrected chi connectivity index (χ2v) is 7.86. The fourth-order valence-corrected chi connectivity index (χ4v) is 4.02. The van der Waals surface area contributed by atoms with E-state index in [-0.39, 0.29) is 23.8 Å². The summed E-state index contributed by atoms with van der Waals surface area (Å²) in [7, 11) is 0. The Kier molecular flexibility index (Phi) is 5.06. The Bertz CT molecular complexity index is 1220. The van der Waals surface area contributed by atoms with E-state index >= 15 is 0 Å². The molecule has 0 aliphatic heterocycles. The third kappa shape index (κ3) is 3.74. The number of carbonyl (C=O) groups excluding carboxylic acids is 1. The molecule has 140 valence electrons. The summed E-state index contributed by atoms with van der Waals surface area (Å²) in [4.78, 5) is 29.4. The second kappa shape index (κ2) is 7.65. The lowest BCUT2D eigenvalue weighted by molar-refractivity contribution is -0.116. The number of aromatic nitrogens is 2. The van der Waals surface area contributed by atoms with E-state index in [1.807, 2.05) is 17.5 Å². The van der Waals surface area contributed by atoms with Gasteiger partial charge in [-0.1, -0.05) is 28.1 Å². The summed E-state index contributed by atoms with van der Waals surface area (Å²) in [5.74, 6) is -0.642. The maximum atomic E-state index is 13.2. The van der Waals surface area contributed by atoms with Gasteiger partial charge in [0, 0.05) is 21.1 Å². The molecular formula is C20H13BrFN3O2S. The molecule has 0 saturated heterocycles. The van der Waals surface area contributed by atoms with Crippen LogP contribution in [0.5, 0.6) is 0 Å². The van der Waals surface area contributed by atoms with Crippen LogP contribution in [-0.2, 0) is 11.3 Å². The zero-order valence-corrected chi connectivity index (χ0v) is 16.8. The normalized spacial score (nSPS) is 10.9. The minimum Gasteiger partial charge on any atom is -0.325 e. The zero-order valence-electron chi connectivity index (χ0n) is 14.4. The van der Waals surface area contributed by atoms with Crippen LogP contribution < -0.4 is 10.9 Å². The molecule has 0 aliphatic rings. The first-order chi connectivity index (χ1) is 13.5. The van der Waals surface area contributed by atoms with Crippen molar-refractivity contribution in [2.24, 2.45) is 0 Å². The molecule has 0 radical (unpaired) electrons. The maximum Gasteiger partial charge on any atom is 0.271 e. The summed E-state index contributed by atoms with van der Waals surface area (Å²) in [6.45, 7) is -0.137. The second-order valence-electron chi connectivity index (χ2n) is 6.07. The van der Waals surface area contributed by atoms with Crippen molar-refractivity contribution in [3.63, 3.8) is 0 Å². The molecule has 0 saturated carbocycles. The van der Waals surface area contributed by atoms with Crippen molar-refractivity contribution < 1.29 is 9.18 Å². The smallest absolute Gasteiger partial charge is 0.271 e. The SMILES string of the molecule is O=C(Cn1cnc2c(-c3ccc(F)cc3)csc2c1=O)Nc1ccc(Br)cc1. The average molecular weight is 458 g/mol. The van der Waals surface area contributed by atoms with Gasteiger partial charge in [-0.2, -0.15) is 0 Å². The molecule has 5 nitrogen and oxygen atoms in total. The van der Waals surface area contributed by atoms with E-state index in [1.54, 1.807) is 24.3 Å². The molecule has 8 heteroatoms. The molecule has 2 heterocycles. The van der Waals surface area contributed by atoms with Crippen molar-refractivity contribution in [1.82, 2.24) is 9.55 Å². The molecule has 2 aromatic heterocycles. The first kappa shape index (κ1) is 18.5. The molecule has 0 atom stereocenters. The van der Waals surface area contributed by atoms with Gasteiger partial charge < -0.3 is 5.32 Å². The number of amides is 1. The monoisotopic (exact) mass is 457 g/mol. The number of anilines is 1. The number of benzene rings is 2. The number of fused-ring (bicyclic) bond motifs is 1. The first-order valence-corrected chi connectivity index (χ1v) is 9.96. The van der Waals surface area contributed by atoms with Crippen molar-refractivity contribution in [1.29, 1.82) is 0 Å². The highest BCUT2D eigenvalue weighted by atomic mass is 79.9. The van der Waals surface area contributed by atoms with Crippen LogP contribution in [-0.4, -0.2) is 15.5 Å². The van der Waals surface area contributed by atoms with Crippen LogP contribution in [0.2, 0.25) is 0 Å². The minimum atomic E-state index is -0.324. The Morgan fingerprint density at radius 1 is 1.14 bits per heavy atom. The van der Waals surface area contributed by atoms with E-state index in [0.717, 1.165) is 15.6 Å². The van der Waals surface area contributed by atoms with E-state index in [2.05, 4.69) is 26.2 Å². The Balaban J connectivity index is 1.60. The van der Waals surface area contributed by atoms with E-state index in [4.69, 9.17) is 0 Å². The van der Waals surface area contributed by atoms with Gasteiger partial charge in [0.1, 0.15) is 17.1 Å². The number of nitrogens with zero attached hydrogens (tertiary/aromatic N) is 2. The summed E-state index contributed by atoms with van der Waals surface area (Å²) in [6, 6.07) is 13.2. The highest BCUT2D eigenvalue weighted by Crippen LogP contribution is 2.30. The highest BCUT2D eigenvalue weighted by molar-refractivity contribution is 9.10. The van der Waals surface area contributed by atoms with E-state index in [1.165, 1.54) is 34.4 Å². The lowest BCUT2D eigenvalue weighted by Crippen LogP contribution is -2.27. The van der Waals surface area contributed by atoms with Gasteiger partial charge in [-0.05, 0) is 42.0 Å². The molecule has 1 amide bonds. The summed E-state index contributed by atoms with van der Waals surface area (Å²) in [5.41, 5.74) is 2.46. The van der Waals surface area contributed by atoms with Gasteiger partial charge in [-0.3, -0.25) is 14.2 Å². The summed E-state index contributed by atoms with van der Waals surface area (Å²) < 4.78 is 15.8. The lowest BCUT2D eigenvalue weighted by atomic mass is 10.1. The standard InChI is InChI=1S/C20H13BrFN3O2S/c21-13-3-7-15(8-4-13)24-17(26)9-25-11-23-18-16(10-28-19(18)20(25)27)12-1-5-14(22)6-2-12/h1-8,10-11H,9H2,(H,24,26). The third-order valence-corrected chi connectivity index (χ3v) is 5.63. The van der Waals surface area contributed by atoms with Crippen LogP contribution in [0.4, 0.5) is 10.1 Å². The Morgan fingerprint density at radius 2 is 1.86 bits per heavy atom. The van der Waals surface area contributed by atoms with Gasteiger partial charge in [0.05, 0.1) is 11.8 Å². The first-order valence-electron chi connectivity index (χ1n) is 8.29. The molecule has 4 aromatic rings. The Labute approximate surface area is 171 Å². The molecule has 2 aromatic carbocycles. The van der Waals surface area contributed by atoms with Gasteiger partial charge in [0.25, 0.3) is 5.56 Å². The molecule has 1 N–H and O–H groups in total. The topological polar surface area (TPSA) is 64.0 Å². The van der Waals surface area contributed by atoms with Crippen molar-refractivity contribution in [2.45, 2.75) is 6.54 Å². The molecule has 0 bridgehead atoms. The Morgan fingerprint density at radius 3 is 2.57 bits per heavy atom. The zero-order chi connectivity index (χ0) is 19.7. The van der Waals surface area contributed by atoms with Crippen molar-refractivity contribution in [3.05, 3.63) is 80.9 Å². The predicted molar refractivity (Wildman–Crippen MR) is 112 cm³/mol. The van der Waals surface area contributed by atoms with Gasteiger partial charge >= 0.3 is 0 Å². The fraction of sp³-hybridized carbons (Fsp3) is 0.0500. The van der Waals surface area contributed by atoms with E-state index < -0.39 is 0 Å². The summed E-state index contributed by atoms with van der Waals surface area (Å²) >= 11 is 4.60. The number of thiophene rings is 1. The number of carbonyl (C=O) groups is 1. The summed E-state index contributed by atoms with van der Waals surface area (Å²) in [6.07, 6.45) is 1.37. The van der Waals surface area contributed by atoms with Crippen molar-refractivity contribution >= 4 is 49.1 Å². The minimum absolute atomic E-state index is 0.137. The van der Waals surface area contributed by atoms with Crippen LogP contribution >= 0.6 is 27.3 Å². The molecule has 4 rings (SSSR count). The van der Waals surface area contributed by atoms with E-state index in [9.17, 15) is 14.0 Å². The van der Waals surface area contributed by atoms with Gasteiger partial charge in [0.2, 0.25) is 5.91 Å². The number of halogens is 2. The van der Waals surface area contributed by atoms with Crippen molar-refractivity contribution in [3.8, 4) is 11.1 Å². The van der Waals surface area contributed by atoms with E-state index in [0.29, 0.717) is 15.9 Å². The van der Waals surface area contributed by atoms with Crippen LogP contribution in [0.15, 0.2) is 69.5 Å². The quantitative estimate of drug-likeness (QED) is 0.484. The number of hydrogen-bond acceptors (Lipinski definition) is 4. The third-order valence-electron chi connectivity index (χ3n) is 4.14. The molecule has 0 fully saturated rings. The van der Waals surface area contributed by atoms with Crippen LogP contribution in [0.3, 0.4) is 0 Å². The number of nitrogens with one attached hydrogen (secondary N) is 1. The van der Waals surface area contributed by atoms with Crippen LogP contribution in [0.25, 0.3) is 21.3 Å². The van der Waals surface area contributed by atoms with Gasteiger partial charge in [0.15, 0.2) is 0 Å². The average Bonchev–Trinajstić information content (AvgIpc) is 3.11. The molecular weight excluding hydrogens is 445 g/mol. The van der Waals surface area contributed by atoms with Gasteiger partial charge in [-0.25, -0.2) is 9.37 Å². The lowest BCUT2D eigenvalue weighted by Gasteiger charge is -2.07. The highest BCUT2D eigenvalue weighted by Gasteiger charge is 2.14. The predicted octanol–water partition coefficient (Wildman–Crippen LogP) is 4.67. The number of hydrogen-bond donors (Lipinski definition) is 1. The molecule has 0 unspecified atom stereocenters. The number of rotatable bonds is 4. The Hall–Kier alpha value is -2.84. The molecule has 0 spiro atoms. The van der Waals surface area contributed by atoms with Crippen molar-refractivity contribution in [2.75, 3.05) is 5.32 Å². The molecule has 28 heavy (non-hydrogen) atoms. The maximum absolute atomic E-state index is 13.2. The largest absolute Gasteiger partial charge is 0.325 e. The van der Waals surface area contributed by atoms with Gasteiger partial charge in [-0.15, -0.1) is 11.3 Å². The molecule has 0 aliphatic carbocycles. The summed E-state index contributed by atoms with van der Waals surface area (Å²) in [5, 5.41) is 4.57. The van der Waals surface area contributed by atoms with Crippen LogP contribution in [0, 0.1) is 5.82 Å². The fourth-order valence-electron chi connectivity index (χ4n) is 2.78.